The maximum absolute atomic E-state index is 6.24. The highest BCUT2D eigenvalue weighted by Gasteiger charge is 2.27. The molecule has 0 aromatic heterocycles. The number of aryl methyl sites for hydroxylation is 1. The van der Waals surface area contributed by atoms with Crippen LogP contribution in [0.25, 0.3) is 0 Å². The normalized spacial score (nSPS) is 18.2. The maximum Gasteiger partial charge on any atom is 0.0776 e. The summed E-state index contributed by atoms with van der Waals surface area (Å²) in [5, 5.41) is 5.02. The lowest BCUT2D eigenvalue weighted by atomic mass is 9.94. The Bertz CT molecular complexity index is 580. The fraction of sp³-hybridized carbons (Fsp3) is 0.526. The Morgan fingerprint density at radius 2 is 2.12 bits per heavy atom. The van der Waals surface area contributed by atoms with Gasteiger partial charge >= 0.3 is 0 Å². The third-order valence-corrected chi connectivity index (χ3v) is 4.82. The van der Waals surface area contributed by atoms with Crippen LogP contribution < -0.4 is 5.32 Å². The first-order chi connectivity index (χ1) is 11.7. The van der Waals surface area contributed by atoms with Gasteiger partial charge in [0.05, 0.1) is 11.7 Å². The molecular weight excluding hydrogens is 386 g/mol. The quantitative estimate of drug-likeness (QED) is 0.523. The van der Waals surface area contributed by atoms with E-state index in [1.54, 1.807) is 0 Å². The summed E-state index contributed by atoms with van der Waals surface area (Å²) in [4.78, 5) is 7.31. The molecule has 0 aliphatic carbocycles. The summed E-state index contributed by atoms with van der Waals surface area (Å²) in [6.07, 6.45) is 6.14. The molecular formula is C19H27BrClN3. The first-order valence-corrected chi connectivity index (χ1v) is 10.2. The average Bonchev–Trinajstić information content (AvgIpc) is 2.61. The third-order valence-electron chi connectivity index (χ3n) is 4.30. The smallest absolute Gasteiger partial charge is 0.0776 e. The summed E-state index contributed by atoms with van der Waals surface area (Å²) in [7, 11) is 0. The highest BCUT2D eigenvalue weighted by Crippen LogP contribution is 2.34. The van der Waals surface area contributed by atoms with Crippen LogP contribution in [-0.2, 0) is 6.42 Å². The van der Waals surface area contributed by atoms with Gasteiger partial charge in [0.2, 0.25) is 0 Å². The van der Waals surface area contributed by atoms with E-state index < -0.39 is 0 Å². The summed E-state index contributed by atoms with van der Waals surface area (Å²) >= 11 is 9.69. The standard InChI is InChI=1S/C19H27BrClN3/c1-3-5-18(23-9-8-20)19(24-12-10-22-11-13-24)17-7-6-16(21)14-15(17)4-2/h5-7,9,14,19,22H,3-4,8,10-13H2,1-2H3/b18-5-,23-9?/t19-/m1/s1. The number of piperazine rings is 1. The van der Waals surface area contributed by atoms with Crippen LogP contribution in [0.3, 0.4) is 0 Å². The van der Waals surface area contributed by atoms with E-state index in [4.69, 9.17) is 16.6 Å². The van der Waals surface area contributed by atoms with Crippen molar-refractivity contribution in [2.75, 3.05) is 31.5 Å². The van der Waals surface area contributed by atoms with Crippen molar-refractivity contribution in [3.8, 4) is 0 Å². The molecule has 24 heavy (non-hydrogen) atoms. The van der Waals surface area contributed by atoms with Gasteiger partial charge in [0.1, 0.15) is 0 Å². The second-order valence-corrected chi connectivity index (χ2v) is 6.97. The topological polar surface area (TPSA) is 27.6 Å². The Labute approximate surface area is 159 Å². The molecule has 0 unspecified atom stereocenters. The van der Waals surface area contributed by atoms with Crippen LogP contribution in [0.4, 0.5) is 0 Å². The first-order valence-electron chi connectivity index (χ1n) is 8.72. The minimum atomic E-state index is 0.189. The number of hydrogen-bond donors (Lipinski definition) is 1. The van der Waals surface area contributed by atoms with Gasteiger partial charge in [-0.2, -0.15) is 0 Å². The Balaban J connectivity index is 2.49. The fourth-order valence-corrected chi connectivity index (χ4v) is 3.55. The Kier molecular flexibility index (Phi) is 8.46. The van der Waals surface area contributed by atoms with Crippen LogP contribution >= 0.6 is 27.5 Å². The van der Waals surface area contributed by atoms with Crippen LogP contribution in [0.5, 0.6) is 0 Å². The molecule has 1 saturated heterocycles. The van der Waals surface area contributed by atoms with Gasteiger partial charge in [-0.15, -0.1) is 0 Å². The number of aliphatic imine (C=N–C) groups is 1. The monoisotopic (exact) mass is 411 g/mol. The number of alkyl halides is 1. The van der Waals surface area contributed by atoms with Gasteiger partial charge in [-0.05, 0) is 36.1 Å². The molecule has 2 rings (SSSR count). The summed E-state index contributed by atoms with van der Waals surface area (Å²) in [5.41, 5.74) is 3.77. The van der Waals surface area contributed by atoms with Crippen molar-refractivity contribution in [3.63, 3.8) is 0 Å². The van der Waals surface area contributed by atoms with Gasteiger partial charge < -0.3 is 5.32 Å². The van der Waals surface area contributed by atoms with Crippen molar-refractivity contribution >= 4 is 33.7 Å². The molecule has 1 atom stereocenters. The Morgan fingerprint density at radius 1 is 1.38 bits per heavy atom. The number of nitrogens with zero attached hydrogens (tertiary/aromatic N) is 2. The zero-order chi connectivity index (χ0) is 17.4. The van der Waals surface area contributed by atoms with Crippen molar-refractivity contribution in [3.05, 3.63) is 46.1 Å². The van der Waals surface area contributed by atoms with Gasteiger partial charge in [0.15, 0.2) is 0 Å². The maximum atomic E-state index is 6.24. The second-order valence-electron chi connectivity index (χ2n) is 5.89. The molecule has 1 aliphatic heterocycles. The predicted molar refractivity (Wildman–Crippen MR) is 109 cm³/mol. The van der Waals surface area contributed by atoms with Gasteiger partial charge in [-0.25, -0.2) is 0 Å². The van der Waals surface area contributed by atoms with E-state index in [2.05, 4.69) is 58.2 Å². The van der Waals surface area contributed by atoms with E-state index in [1.807, 2.05) is 12.3 Å². The molecule has 0 spiro atoms. The molecule has 3 nitrogen and oxygen atoms in total. The molecule has 5 heteroatoms. The molecule has 0 saturated carbocycles. The lowest BCUT2D eigenvalue weighted by molar-refractivity contribution is 0.194. The summed E-state index contributed by atoms with van der Waals surface area (Å²) < 4.78 is 0. The van der Waals surface area contributed by atoms with Crippen LogP contribution in [0.15, 0.2) is 35.0 Å². The number of benzene rings is 1. The van der Waals surface area contributed by atoms with Crippen molar-refractivity contribution < 1.29 is 0 Å². The largest absolute Gasteiger partial charge is 0.314 e. The van der Waals surface area contributed by atoms with Gasteiger partial charge in [0, 0.05) is 42.7 Å². The van der Waals surface area contributed by atoms with Gasteiger partial charge in [-0.1, -0.05) is 53.5 Å². The van der Waals surface area contributed by atoms with Crippen molar-refractivity contribution in [1.29, 1.82) is 0 Å². The zero-order valence-electron chi connectivity index (χ0n) is 14.6. The van der Waals surface area contributed by atoms with E-state index in [-0.39, 0.29) is 6.04 Å². The molecule has 1 aromatic carbocycles. The molecule has 0 amide bonds. The van der Waals surface area contributed by atoms with Crippen molar-refractivity contribution in [1.82, 2.24) is 10.2 Å². The van der Waals surface area contributed by atoms with Gasteiger partial charge in [-0.3, -0.25) is 9.89 Å². The first kappa shape index (κ1) is 19.6. The fourth-order valence-electron chi connectivity index (χ4n) is 3.21. The van der Waals surface area contributed by atoms with E-state index in [0.717, 1.165) is 55.1 Å². The summed E-state index contributed by atoms with van der Waals surface area (Å²) in [6.45, 7) is 8.46. The van der Waals surface area contributed by atoms with Crippen LogP contribution in [0.2, 0.25) is 5.02 Å². The second kappa shape index (κ2) is 10.3. The van der Waals surface area contributed by atoms with E-state index in [9.17, 15) is 0 Å². The zero-order valence-corrected chi connectivity index (χ0v) is 16.9. The van der Waals surface area contributed by atoms with Crippen LogP contribution in [-0.4, -0.2) is 42.6 Å². The molecule has 0 bridgehead atoms. The predicted octanol–water partition coefficient (Wildman–Crippen LogP) is 4.61. The highest BCUT2D eigenvalue weighted by molar-refractivity contribution is 9.09. The minimum absolute atomic E-state index is 0.189. The average molecular weight is 413 g/mol. The lowest BCUT2D eigenvalue weighted by Crippen LogP contribution is -2.45. The van der Waals surface area contributed by atoms with E-state index >= 15 is 0 Å². The number of nitrogens with one attached hydrogen (secondary N) is 1. The number of allylic oxidation sites excluding steroid dienone is 1. The van der Waals surface area contributed by atoms with Crippen molar-refractivity contribution in [2.24, 2.45) is 4.99 Å². The number of halogens is 2. The van der Waals surface area contributed by atoms with E-state index in [0.29, 0.717) is 0 Å². The third kappa shape index (κ3) is 5.16. The summed E-state index contributed by atoms with van der Waals surface area (Å²) in [6, 6.07) is 6.48. The highest BCUT2D eigenvalue weighted by atomic mass is 79.9. The Morgan fingerprint density at radius 3 is 2.75 bits per heavy atom. The van der Waals surface area contributed by atoms with Crippen LogP contribution in [0, 0.1) is 0 Å². The summed E-state index contributed by atoms with van der Waals surface area (Å²) in [5.74, 6) is 0. The molecule has 1 N–H and O–H groups in total. The Hall–Kier alpha value is -0.680. The van der Waals surface area contributed by atoms with Gasteiger partial charge in [0.25, 0.3) is 0 Å². The van der Waals surface area contributed by atoms with Crippen molar-refractivity contribution in [2.45, 2.75) is 32.7 Å². The van der Waals surface area contributed by atoms with Crippen LogP contribution in [0.1, 0.15) is 37.4 Å². The number of hydrogen-bond acceptors (Lipinski definition) is 3. The lowest BCUT2D eigenvalue weighted by Gasteiger charge is -2.36. The molecule has 1 aromatic rings. The minimum Gasteiger partial charge on any atom is -0.314 e. The molecule has 1 heterocycles. The molecule has 1 fully saturated rings. The molecule has 132 valence electrons. The molecule has 1 aliphatic rings. The molecule has 0 radical (unpaired) electrons. The number of rotatable bonds is 7. The SMILES string of the molecule is CC/C=C(\N=CCBr)[C@@H](c1ccc(Cl)cc1CC)N1CCNCC1. The van der Waals surface area contributed by atoms with E-state index in [1.165, 1.54) is 11.1 Å².